The third kappa shape index (κ3) is 3.99. The first-order valence-electron chi connectivity index (χ1n) is 8.07. The lowest BCUT2D eigenvalue weighted by Crippen LogP contribution is -2.15. The van der Waals surface area contributed by atoms with Gasteiger partial charge in [-0.05, 0) is 18.9 Å². The third-order valence-electron chi connectivity index (χ3n) is 4.13. The van der Waals surface area contributed by atoms with Gasteiger partial charge in [0.05, 0.1) is 10.7 Å². The molecule has 26 heavy (non-hydrogen) atoms. The number of fused-ring (bicyclic) bond motifs is 1. The molecule has 0 radical (unpaired) electrons. The fourth-order valence-electron chi connectivity index (χ4n) is 2.66. The first-order chi connectivity index (χ1) is 12.3. The zero-order chi connectivity index (χ0) is 18.8. The lowest BCUT2D eigenvalue weighted by Gasteiger charge is -2.12. The average Bonchev–Trinajstić information content (AvgIpc) is 2.87. The number of aryl methyl sites for hydroxylation is 1. The highest BCUT2D eigenvalue weighted by molar-refractivity contribution is 8.01. The normalized spacial score (nSPS) is 18.4. The number of non-ortho nitro benzene ring substituents is 1. The smallest absolute Gasteiger partial charge is 0.271 e. The van der Waals surface area contributed by atoms with E-state index in [2.05, 4.69) is 29.1 Å². The minimum atomic E-state index is -0.488. The molecule has 0 fully saturated rings. The lowest BCUT2D eigenvalue weighted by molar-refractivity contribution is -0.384. The van der Waals surface area contributed by atoms with Gasteiger partial charge in [-0.15, -0.1) is 11.8 Å². The summed E-state index contributed by atoms with van der Waals surface area (Å²) >= 11 is 3.11. The van der Waals surface area contributed by atoms with Crippen LogP contribution in [0.2, 0.25) is 0 Å². The predicted octanol–water partition coefficient (Wildman–Crippen LogP) is 4.02. The van der Waals surface area contributed by atoms with E-state index in [4.69, 9.17) is 0 Å². The van der Waals surface area contributed by atoms with Crippen LogP contribution in [0.4, 0.5) is 11.4 Å². The van der Waals surface area contributed by atoms with Gasteiger partial charge in [0, 0.05) is 28.6 Å². The van der Waals surface area contributed by atoms with Crippen LogP contribution < -0.4 is 5.32 Å². The molecular formula is C17H18N4O3S2. The molecule has 2 atom stereocenters. The summed E-state index contributed by atoms with van der Waals surface area (Å²) in [7, 11) is 0. The number of rotatable bonds is 5. The second-order valence-electron chi connectivity index (χ2n) is 6.05. The van der Waals surface area contributed by atoms with E-state index in [9.17, 15) is 14.9 Å². The van der Waals surface area contributed by atoms with Crippen molar-refractivity contribution in [3.63, 3.8) is 0 Å². The number of hydrogen-bond acceptors (Lipinski definition) is 7. The van der Waals surface area contributed by atoms with E-state index in [-0.39, 0.29) is 17.3 Å². The van der Waals surface area contributed by atoms with Crippen LogP contribution in [0.1, 0.15) is 31.2 Å². The first kappa shape index (κ1) is 18.7. The predicted molar refractivity (Wildman–Crippen MR) is 103 cm³/mol. The molecule has 0 saturated heterocycles. The van der Waals surface area contributed by atoms with Gasteiger partial charge in [-0.1, -0.05) is 31.7 Å². The molecule has 0 bridgehead atoms. The van der Waals surface area contributed by atoms with Gasteiger partial charge >= 0.3 is 0 Å². The highest BCUT2D eigenvalue weighted by atomic mass is 32.2. The Morgan fingerprint density at radius 2 is 2.15 bits per heavy atom. The Morgan fingerprint density at radius 3 is 2.88 bits per heavy atom. The summed E-state index contributed by atoms with van der Waals surface area (Å²) in [5.41, 5.74) is 1.47. The number of nitro benzene ring substituents is 1. The largest absolute Gasteiger partial charge is 0.325 e. The Labute approximate surface area is 159 Å². The summed E-state index contributed by atoms with van der Waals surface area (Å²) in [6.07, 6.45) is 0. The zero-order valence-electron chi connectivity index (χ0n) is 14.6. The lowest BCUT2D eigenvalue weighted by atomic mass is 10.0. The molecule has 1 aliphatic heterocycles. The maximum atomic E-state index is 12.2. The van der Waals surface area contributed by atoms with Gasteiger partial charge in [-0.3, -0.25) is 14.9 Å². The van der Waals surface area contributed by atoms with E-state index in [1.807, 2.05) is 6.92 Å². The number of aromatic nitrogens is 2. The van der Waals surface area contributed by atoms with Gasteiger partial charge in [-0.25, -0.2) is 9.97 Å². The number of nitrogens with zero attached hydrogens (tertiary/aromatic N) is 3. The summed E-state index contributed by atoms with van der Waals surface area (Å²) in [5, 5.41) is 15.8. The highest BCUT2D eigenvalue weighted by Crippen LogP contribution is 2.47. The molecular weight excluding hydrogens is 372 g/mol. The van der Waals surface area contributed by atoms with E-state index < -0.39 is 4.92 Å². The SMILES string of the molecule is Cc1nc(SCC(=O)Nc2cccc([N+](=O)[O-])c2)c2c(n1)S[C@H](C)[C@@H]2C. The number of thioether (sulfide) groups is 2. The van der Waals surface area contributed by atoms with Crippen LogP contribution in [0.3, 0.4) is 0 Å². The molecule has 2 aromatic rings. The Balaban J connectivity index is 1.69. The second kappa shape index (κ2) is 7.63. The molecule has 0 unspecified atom stereocenters. The van der Waals surface area contributed by atoms with Crippen molar-refractivity contribution < 1.29 is 9.72 Å². The number of nitro groups is 1. The summed E-state index contributed by atoms with van der Waals surface area (Å²) in [4.78, 5) is 31.6. The maximum absolute atomic E-state index is 12.2. The van der Waals surface area contributed by atoms with Crippen molar-refractivity contribution in [3.8, 4) is 0 Å². The molecule has 136 valence electrons. The van der Waals surface area contributed by atoms with Crippen LogP contribution in [0.5, 0.6) is 0 Å². The summed E-state index contributed by atoms with van der Waals surface area (Å²) in [6.45, 7) is 6.16. The third-order valence-corrected chi connectivity index (χ3v) is 6.43. The van der Waals surface area contributed by atoms with Crippen LogP contribution in [-0.2, 0) is 4.79 Å². The molecule has 2 heterocycles. The zero-order valence-corrected chi connectivity index (χ0v) is 16.2. The number of carbonyl (C=O) groups excluding carboxylic acids is 1. The van der Waals surface area contributed by atoms with Crippen LogP contribution >= 0.6 is 23.5 Å². The fraction of sp³-hybridized carbons (Fsp3) is 0.353. The molecule has 0 aliphatic carbocycles. The van der Waals surface area contributed by atoms with Gasteiger partial charge in [0.15, 0.2) is 0 Å². The number of amides is 1. The van der Waals surface area contributed by atoms with Gasteiger partial charge in [0.2, 0.25) is 5.91 Å². The Morgan fingerprint density at radius 1 is 1.38 bits per heavy atom. The van der Waals surface area contributed by atoms with E-state index >= 15 is 0 Å². The maximum Gasteiger partial charge on any atom is 0.271 e. The summed E-state index contributed by atoms with van der Waals surface area (Å²) in [6, 6.07) is 5.90. The van der Waals surface area contributed by atoms with Crippen molar-refractivity contribution in [1.82, 2.24) is 9.97 Å². The molecule has 0 saturated carbocycles. The van der Waals surface area contributed by atoms with E-state index in [1.54, 1.807) is 23.9 Å². The van der Waals surface area contributed by atoms with Gasteiger partial charge < -0.3 is 5.32 Å². The molecule has 0 spiro atoms. The quantitative estimate of drug-likeness (QED) is 0.356. The van der Waals surface area contributed by atoms with Crippen LogP contribution in [0, 0.1) is 17.0 Å². The summed E-state index contributed by atoms with van der Waals surface area (Å²) in [5.74, 6) is 0.973. The van der Waals surface area contributed by atoms with Crippen molar-refractivity contribution in [2.24, 2.45) is 0 Å². The molecule has 1 amide bonds. The number of carbonyl (C=O) groups is 1. The monoisotopic (exact) mass is 390 g/mol. The molecule has 3 rings (SSSR count). The van der Waals surface area contributed by atoms with Crippen molar-refractivity contribution in [2.75, 3.05) is 11.1 Å². The Bertz CT molecular complexity index is 875. The Hall–Kier alpha value is -2.13. The molecule has 9 heteroatoms. The van der Waals surface area contributed by atoms with Crippen molar-refractivity contribution in [2.45, 2.75) is 42.0 Å². The molecule has 1 aliphatic rings. The second-order valence-corrected chi connectivity index (χ2v) is 8.38. The van der Waals surface area contributed by atoms with E-state index in [0.717, 1.165) is 15.6 Å². The topological polar surface area (TPSA) is 98.0 Å². The van der Waals surface area contributed by atoms with Crippen molar-refractivity contribution in [3.05, 3.63) is 45.8 Å². The van der Waals surface area contributed by atoms with Gasteiger partial charge in [0.25, 0.3) is 5.69 Å². The molecule has 7 nitrogen and oxygen atoms in total. The number of anilines is 1. The van der Waals surface area contributed by atoms with Gasteiger partial charge in [-0.2, -0.15) is 0 Å². The molecule has 1 N–H and O–H groups in total. The van der Waals surface area contributed by atoms with Crippen LogP contribution in [0.25, 0.3) is 0 Å². The van der Waals surface area contributed by atoms with Crippen LogP contribution in [-0.4, -0.2) is 31.8 Å². The number of benzene rings is 1. The van der Waals surface area contributed by atoms with Crippen molar-refractivity contribution in [1.29, 1.82) is 0 Å². The molecule has 1 aromatic carbocycles. The first-order valence-corrected chi connectivity index (χ1v) is 9.94. The van der Waals surface area contributed by atoms with Crippen LogP contribution in [0.15, 0.2) is 34.3 Å². The number of hydrogen-bond donors (Lipinski definition) is 1. The van der Waals surface area contributed by atoms with Crippen molar-refractivity contribution >= 4 is 40.8 Å². The Kier molecular flexibility index (Phi) is 5.47. The minimum Gasteiger partial charge on any atom is -0.325 e. The summed E-state index contributed by atoms with van der Waals surface area (Å²) < 4.78 is 0. The number of nitrogens with one attached hydrogen (secondary N) is 1. The fourth-order valence-corrected chi connectivity index (χ4v) is 4.99. The van der Waals surface area contributed by atoms with E-state index in [0.29, 0.717) is 22.7 Å². The average molecular weight is 390 g/mol. The standard InChI is InChI=1S/C17H18N4O3S2/c1-9-10(2)26-17-15(9)16(18-11(3)19-17)25-8-14(22)20-12-5-4-6-13(7-12)21(23)24/h4-7,9-10H,8H2,1-3H3,(H,20,22)/t9-,10+/m0/s1. The highest BCUT2D eigenvalue weighted by Gasteiger charge is 2.31. The van der Waals surface area contributed by atoms with E-state index in [1.165, 1.54) is 23.9 Å². The van der Waals surface area contributed by atoms with Gasteiger partial charge in [0.1, 0.15) is 15.9 Å². The minimum absolute atomic E-state index is 0.0560. The molecule has 1 aromatic heterocycles.